The lowest BCUT2D eigenvalue weighted by atomic mass is 10.1. The van der Waals surface area contributed by atoms with E-state index in [4.69, 9.17) is 9.47 Å². The Bertz CT molecular complexity index is 953. The summed E-state index contributed by atoms with van der Waals surface area (Å²) in [6.45, 7) is 0. The number of benzene rings is 2. The second kappa shape index (κ2) is 8.67. The minimum atomic E-state index is -0.142. The molecule has 0 aliphatic carbocycles. The molecule has 1 aromatic heterocycles. The largest absolute Gasteiger partial charge is 0.493 e. The van der Waals surface area contributed by atoms with Gasteiger partial charge in [0.2, 0.25) is 0 Å². The highest BCUT2D eigenvalue weighted by Gasteiger charge is 2.10. The molecule has 5 heteroatoms. The molecule has 136 valence electrons. The van der Waals surface area contributed by atoms with Crippen LogP contribution in [0.3, 0.4) is 0 Å². The van der Waals surface area contributed by atoms with Gasteiger partial charge in [-0.3, -0.25) is 4.79 Å². The maximum absolute atomic E-state index is 12.7. The van der Waals surface area contributed by atoms with E-state index in [1.54, 1.807) is 44.7 Å². The second-order valence-electron chi connectivity index (χ2n) is 5.70. The van der Waals surface area contributed by atoms with Crippen LogP contribution in [0.5, 0.6) is 11.5 Å². The highest BCUT2D eigenvalue weighted by atomic mass is 16.5. The molecule has 0 saturated heterocycles. The average Bonchev–Trinajstić information content (AvgIpc) is 2.73. The monoisotopic (exact) mass is 360 g/mol. The summed E-state index contributed by atoms with van der Waals surface area (Å²) in [7, 11) is 3.16. The molecule has 0 unspecified atom stereocenters. The van der Waals surface area contributed by atoms with E-state index in [-0.39, 0.29) is 5.78 Å². The van der Waals surface area contributed by atoms with Crippen molar-refractivity contribution < 1.29 is 14.3 Å². The predicted octanol–water partition coefficient (Wildman–Crippen LogP) is 4.74. The molecule has 0 aliphatic rings. The highest BCUT2D eigenvalue weighted by molar-refractivity contribution is 6.10. The molecule has 0 spiro atoms. The van der Waals surface area contributed by atoms with E-state index < -0.39 is 0 Å². The molecule has 0 atom stereocenters. The molecule has 0 bridgehead atoms. The molecule has 27 heavy (non-hydrogen) atoms. The van der Waals surface area contributed by atoms with Crippen molar-refractivity contribution in [3.8, 4) is 11.5 Å². The number of nitrogens with one attached hydrogen (secondary N) is 1. The van der Waals surface area contributed by atoms with Gasteiger partial charge in [-0.2, -0.15) is 0 Å². The molecule has 3 aromatic rings. The van der Waals surface area contributed by atoms with Crippen LogP contribution in [0.15, 0.2) is 72.9 Å². The number of hydrogen-bond acceptors (Lipinski definition) is 5. The summed E-state index contributed by atoms with van der Waals surface area (Å²) >= 11 is 0. The minimum Gasteiger partial charge on any atom is -0.493 e. The third kappa shape index (κ3) is 4.52. The Morgan fingerprint density at radius 1 is 0.963 bits per heavy atom. The van der Waals surface area contributed by atoms with Crippen LogP contribution in [0.4, 0.5) is 11.5 Å². The molecule has 0 aliphatic heterocycles. The number of aromatic nitrogens is 1. The lowest BCUT2D eigenvalue weighted by Crippen LogP contribution is -2.03. The Hall–Kier alpha value is -3.60. The Balaban J connectivity index is 1.81. The molecule has 0 radical (unpaired) electrons. The fraction of sp³-hybridized carbons (Fsp3) is 0.0909. The molecule has 3 rings (SSSR count). The molecule has 5 nitrogen and oxygen atoms in total. The fourth-order valence-corrected chi connectivity index (χ4v) is 2.58. The Kier molecular flexibility index (Phi) is 5.84. The fourth-order valence-electron chi connectivity index (χ4n) is 2.58. The molecule has 0 amide bonds. The first-order valence-corrected chi connectivity index (χ1v) is 8.43. The van der Waals surface area contributed by atoms with E-state index in [0.29, 0.717) is 22.9 Å². The number of ketones is 1. The Morgan fingerprint density at radius 3 is 2.48 bits per heavy atom. The summed E-state index contributed by atoms with van der Waals surface area (Å²) in [5.74, 6) is 1.63. The number of carbonyl (C=O) groups is 1. The number of pyridine rings is 1. The maximum Gasteiger partial charge on any atom is 0.189 e. The zero-order valence-electron chi connectivity index (χ0n) is 15.2. The van der Waals surface area contributed by atoms with Crippen LogP contribution < -0.4 is 14.8 Å². The zero-order chi connectivity index (χ0) is 19.1. The van der Waals surface area contributed by atoms with Gasteiger partial charge in [-0.25, -0.2) is 4.98 Å². The van der Waals surface area contributed by atoms with Gasteiger partial charge in [0.1, 0.15) is 5.82 Å². The van der Waals surface area contributed by atoms with Gasteiger partial charge in [0.15, 0.2) is 17.3 Å². The summed E-state index contributed by atoms with van der Waals surface area (Å²) in [5.41, 5.74) is 2.20. The summed E-state index contributed by atoms with van der Waals surface area (Å²) < 4.78 is 10.5. The van der Waals surface area contributed by atoms with Crippen LogP contribution in [-0.2, 0) is 0 Å². The van der Waals surface area contributed by atoms with Gasteiger partial charge in [-0.15, -0.1) is 0 Å². The quantitative estimate of drug-likeness (QED) is 0.487. The molecule has 2 aromatic carbocycles. The number of rotatable bonds is 7. The molecular weight excluding hydrogens is 340 g/mol. The van der Waals surface area contributed by atoms with Gasteiger partial charge in [0.25, 0.3) is 0 Å². The number of ether oxygens (including phenoxy) is 2. The van der Waals surface area contributed by atoms with E-state index >= 15 is 0 Å². The van der Waals surface area contributed by atoms with Gasteiger partial charge in [-0.05, 0) is 48.0 Å². The van der Waals surface area contributed by atoms with Crippen molar-refractivity contribution in [2.45, 2.75) is 0 Å². The molecule has 1 heterocycles. The summed E-state index contributed by atoms with van der Waals surface area (Å²) in [6, 6.07) is 18.6. The van der Waals surface area contributed by atoms with Gasteiger partial charge >= 0.3 is 0 Å². The van der Waals surface area contributed by atoms with Gasteiger partial charge < -0.3 is 14.8 Å². The standard InChI is InChI=1S/C22H20N2O3/c1-26-20-13-11-16(15-21(20)27-2)10-12-19(25)18-9-6-14-23-22(18)24-17-7-4-3-5-8-17/h3-15H,1-2H3,(H,23,24)/b12-10+. The SMILES string of the molecule is COc1ccc(/C=C/C(=O)c2cccnc2Nc2ccccc2)cc1OC. The average molecular weight is 360 g/mol. The summed E-state index contributed by atoms with van der Waals surface area (Å²) in [6.07, 6.45) is 4.91. The highest BCUT2D eigenvalue weighted by Crippen LogP contribution is 2.28. The van der Waals surface area contributed by atoms with Crippen molar-refractivity contribution in [1.29, 1.82) is 0 Å². The van der Waals surface area contributed by atoms with Crippen LogP contribution in [0.2, 0.25) is 0 Å². The smallest absolute Gasteiger partial charge is 0.189 e. The molecule has 0 fully saturated rings. The number of carbonyl (C=O) groups excluding carboxylic acids is 1. The van der Waals surface area contributed by atoms with Gasteiger partial charge in [0.05, 0.1) is 19.8 Å². The van der Waals surface area contributed by atoms with E-state index in [0.717, 1.165) is 11.3 Å². The van der Waals surface area contributed by atoms with Gasteiger partial charge in [-0.1, -0.05) is 30.3 Å². The number of hydrogen-bond donors (Lipinski definition) is 1. The Morgan fingerprint density at radius 2 is 1.74 bits per heavy atom. The molecule has 0 saturated carbocycles. The van der Waals surface area contributed by atoms with E-state index in [1.165, 1.54) is 6.08 Å². The lowest BCUT2D eigenvalue weighted by molar-refractivity contribution is 0.104. The first-order chi connectivity index (χ1) is 13.2. The van der Waals surface area contributed by atoms with E-state index in [9.17, 15) is 4.79 Å². The van der Waals surface area contributed by atoms with Crippen molar-refractivity contribution in [2.75, 3.05) is 19.5 Å². The van der Waals surface area contributed by atoms with Gasteiger partial charge in [0, 0.05) is 11.9 Å². The van der Waals surface area contributed by atoms with Crippen molar-refractivity contribution in [1.82, 2.24) is 4.98 Å². The van der Waals surface area contributed by atoms with Crippen LogP contribution in [0.1, 0.15) is 15.9 Å². The van der Waals surface area contributed by atoms with Crippen LogP contribution in [0, 0.1) is 0 Å². The third-order valence-corrected chi connectivity index (χ3v) is 3.94. The van der Waals surface area contributed by atoms with Crippen LogP contribution >= 0.6 is 0 Å². The predicted molar refractivity (Wildman–Crippen MR) is 107 cm³/mol. The minimum absolute atomic E-state index is 0.142. The molecular formula is C22H20N2O3. The van der Waals surface area contributed by atoms with Crippen LogP contribution in [0.25, 0.3) is 6.08 Å². The number of nitrogens with zero attached hydrogens (tertiary/aromatic N) is 1. The van der Waals surface area contributed by atoms with Crippen molar-refractivity contribution in [3.05, 3.63) is 84.1 Å². The summed E-state index contributed by atoms with van der Waals surface area (Å²) in [4.78, 5) is 17.0. The number of anilines is 2. The van der Waals surface area contributed by atoms with Crippen molar-refractivity contribution in [3.63, 3.8) is 0 Å². The van der Waals surface area contributed by atoms with E-state index in [2.05, 4.69) is 10.3 Å². The second-order valence-corrected chi connectivity index (χ2v) is 5.70. The first kappa shape index (κ1) is 18.2. The normalized spacial score (nSPS) is 10.6. The van der Waals surface area contributed by atoms with Crippen molar-refractivity contribution >= 4 is 23.4 Å². The third-order valence-electron chi connectivity index (χ3n) is 3.94. The van der Waals surface area contributed by atoms with Crippen LogP contribution in [-0.4, -0.2) is 25.0 Å². The topological polar surface area (TPSA) is 60.5 Å². The first-order valence-electron chi connectivity index (χ1n) is 8.43. The molecule has 1 N–H and O–H groups in total. The maximum atomic E-state index is 12.7. The number of para-hydroxylation sites is 1. The lowest BCUT2D eigenvalue weighted by Gasteiger charge is -2.09. The summed E-state index contributed by atoms with van der Waals surface area (Å²) in [5, 5.41) is 3.18. The van der Waals surface area contributed by atoms with E-state index in [1.807, 2.05) is 42.5 Å². The van der Waals surface area contributed by atoms with Crippen molar-refractivity contribution in [2.24, 2.45) is 0 Å². The zero-order valence-corrected chi connectivity index (χ0v) is 15.2. The number of methoxy groups -OCH3 is 2. The Labute approximate surface area is 158 Å². The number of allylic oxidation sites excluding steroid dienone is 1.